The molecule has 0 radical (unpaired) electrons. The van der Waals surface area contributed by atoms with Crippen molar-refractivity contribution in [3.8, 4) is 0 Å². The highest BCUT2D eigenvalue weighted by Crippen LogP contribution is 1.97. The highest BCUT2D eigenvalue weighted by atomic mass is 16.7. The number of rotatable bonds is 6. The third-order valence-electron chi connectivity index (χ3n) is 1.48. The van der Waals surface area contributed by atoms with Crippen molar-refractivity contribution in [1.82, 2.24) is 0 Å². The van der Waals surface area contributed by atoms with E-state index in [0.29, 0.717) is 13.2 Å². The van der Waals surface area contributed by atoms with Gasteiger partial charge in [-0.15, -0.1) is 0 Å². The van der Waals surface area contributed by atoms with Crippen molar-refractivity contribution in [3.05, 3.63) is 0 Å². The number of esters is 1. The summed E-state index contributed by atoms with van der Waals surface area (Å²) in [6.07, 6.45) is 1.72. The number of unbranched alkanes of at least 4 members (excludes halogenated alkanes) is 2. The van der Waals surface area contributed by atoms with Gasteiger partial charge in [-0.25, -0.2) is 4.79 Å². The number of methoxy groups -OCH3 is 1. The Morgan fingerprint density at radius 3 is 2.07 bits per heavy atom. The zero-order chi connectivity index (χ0) is 10.8. The van der Waals surface area contributed by atoms with Gasteiger partial charge in [0, 0.05) is 6.92 Å². The maximum Gasteiger partial charge on any atom is 0.507 e. The molecule has 0 saturated carbocycles. The van der Waals surface area contributed by atoms with Gasteiger partial charge in [0.15, 0.2) is 0 Å². The molecule has 0 aliphatic heterocycles. The topological polar surface area (TPSA) is 61.8 Å². The summed E-state index contributed by atoms with van der Waals surface area (Å²) in [7, 11) is 1.27. The summed E-state index contributed by atoms with van der Waals surface area (Å²) in [5.74, 6) is -0.268. The number of hydrogen-bond donors (Lipinski definition) is 0. The molecule has 0 fully saturated rings. The molecule has 0 N–H and O–H groups in total. The Balaban J connectivity index is 3.06. The van der Waals surface area contributed by atoms with Crippen LogP contribution in [0.5, 0.6) is 0 Å². The van der Waals surface area contributed by atoms with Crippen molar-refractivity contribution in [2.45, 2.75) is 26.2 Å². The molecule has 82 valence electrons. The van der Waals surface area contributed by atoms with E-state index in [1.54, 1.807) is 0 Å². The normalized spacial score (nSPS) is 9.29. The van der Waals surface area contributed by atoms with E-state index in [-0.39, 0.29) is 5.97 Å². The fraction of sp³-hybridized carbons (Fsp3) is 0.778. The molecule has 5 nitrogen and oxygen atoms in total. The highest BCUT2D eigenvalue weighted by molar-refractivity contribution is 5.65. The van der Waals surface area contributed by atoms with Crippen molar-refractivity contribution in [1.29, 1.82) is 0 Å². The number of ether oxygens (including phenoxy) is 3. The molecule has 0 unspecified atom stereocenters. The van der Waals surface area contributed by atoms with Crippen LogP contribution in [0.1, 0.15) is 26.2 Å². The molecule has 0 aliphatic rings. The largest absolute Gasteiger partial charge is 0.507 e. The Bertz CT molecular complexity index is 178. The summed E-state index contributed by atoms with van der Waals surface area (Å²) in [5.41, 5.74) is 0. The second-order valence-corrected chi connectivity index (χ2v) is 2.70. The van der Waals surface area contributed by atoms with Crippen LogP contribution < -0.4 is 0 Å². The molecule has 14 heavy (non-hydrogen) atoms. The lowest BCUT2D eigenvalue weighted by atomic mass is 10.2. The van der Waals surface area contributed by atoms with Gasteiger partial charge in [-0.2, -0.15) is 0 Å². The lowest BCUT2D eigenvalue weighted by Gasteiger charge is -2.03. The zero-order valence-electron chi connectivity index (χ0n) is 8.58. The molecule has 0 atom stereocenters. The Morgan fingerprint density at radius 1 is 1.00 bits per heavy atom. The van der Waals surface area contributed by atoms with E-state index in [1.807, 2.05) is 0 Å². The van der Waals surface area contributed by atoms with E-state index in [4.69, 9.17) is 4.74 Å². The standard InChI is InChI=1S/C9H16O5/c1-8(10)13-6-4-3-5-7-14-9(11)12-2/h3-7H2,1-2H3. The summed E-state index contributed by atoms with van der Waals surface area (Å²) in [4.78, 5) is 20.8. The minimum Gasteiger partial charge on any atom is -0.466 e. The lowest BCUT2D eigenvalue weighted by molar-refractivity contribution is -0.141. The van der Waals surface area contributed by atoms with Crippen molar-refractivity contribution >= 4 is 12.1 Å². The third-order valence-corrected chi connectivity index (χ3v) is 1.48. The Morgan fingerprint density at radius 2 is 1.57 bits per heavy atom. The van der Waals surface area contributed by atoms with Gasteiger partial charge in [0.05, 0.1) is 20.3 Å². The molecule has 0 rings (SSSR count). The molecule has 0 spiro atoms. The van der Waals surface area contributed by atoms with E-state index in [1.165, 1.54) is 14.0 Å². The van der Waals surface area contributed by atoms with Crippen LogP contribution in [0.4, 0.5) is 4.79 Å². The first kappa shape index (κ1) is 12.7. The fourth-order valence-electron chi connectivity index (χ4n) is 0.811. The van der Waals surface area contributed by atoms with Gasteiger partial charge in [-0.05, 0) is 19.3 Å². The summed E-state index contributed by atoms with van der Waals surface area (Å²) < 4.78 is 13.6. The first-order valence-corrected chi connectivity index (χ1v) is 4.51. The fourth-order valence-corrected chi connectivity index (χ4v) is 0.811. The Hall–Kier alpha value is -1.26. The molecule has 0 saturated heterocycles. The SMILES string of the molecule is COC(=O)OCCCCCOC(C)=O. The van der Waals surface area contributed by atoms with Crippen LogP contribution in [0.3, 0.4) is 0 Å². The molecule has 0 aromatic carbocycles. The monoisotopic (exact) mass is 204 g/mol. The van der Waals surface area contributed by atoms with Crippen LogP contribution in [-0.4, -0.2) is 32.4 Å². The summed E-state index contributed by atoms with van der Waals surface area (Å²) in [6.45, 7) is 2.14. The molecule has 0 amide bonds. The van der Waals surface area contributed by atoms with Crippen molar-refractivity contribution in [3.63, 3.8) is 0 Å². The van der Waals surface area contributed by atoms with Gasteiger partial charge in [0.2, 0.25) is 0 Å². The molecular formula is C9H16O5. The third kappa shape index (κ3) is 8.83. The minimum absolute atomic E-state index is 0.268. The van der Waals surface area contributed by atoms with E-state index in [9.17, 15) is 9.59 Å². The molecule has 0 aromatic heterocycles. The minimum atomic E-state index is -0.662. The molecule has 5 heteroatoms. The van der Waals surface area contributed by atoms with Gasteiger partial charge in [0.25, 0.3) is 0 Å². The smallest absolute Gasteiger partial charge is 0.466 e. The predicted octanol–water partition coefficient (Wildman–Crippen LogP) is 1.50. The van der Waals surface area contributed by atoms with E-state index in [2.05, 4.69) is 9.47 Å². The number of hydrogen-bond acceptors (Lipinski definition) is 5. The maximum absolute atomic E-state index is 10.5. The second kappa shape index (κ2) is 8.34. The first-order chi connectivity index (χ1) is 6.66. The lowest BCUT2D eigenvalue weighted by Crippen LogP contribution is -2.06. The van der Waals surface area contributed by atoms with E-state index in [0.717, 1.165) is 19.3 Å². The molecular weight excluding hydrogens is 188 g/mol. The number of carbonyl (C=O) groups is 2. The van der Waals surface area contributed by atoms with Crippen molar-refractivity contribution < 1.29 is 23.8 Å². The maximum atomic E-state index is 10.5. The second-order valence-electron chi connectivity index (χ2n) is 2.70. The van der Waals surface area contributed by atoms with Crippen molar-refractivity contribution in [2.75, 3.05) is 20.3 Å². The number of carbonyl (C=O) groups excluding carboxylic acids is 2. The summed E-state index contributed by atoms with van der Waals surface area (Å²) >= 11 is 0. The van der Waals surface area contributed by atoms with Crippen LogP contribution in [-0.2, 0) is 19.0 Å². The Kier molecular flexibility index (Phi) is 7.59. The molecule has 0 bridgehead atoms. The Labute approximate surface area is 83.3 Å². The highest BCUT2D eigenvalue weighted by Gasteiger charge is 1.99. The van der Waals surface area contributed by atoms with Gasteiger partial charge >= 0.3 is 12.1 Å². The molecule has 0 aromatic rings. The van der Waals surface area contributed by atoms with Crippen LogP contribution in [0.15, 0.2) is 0 Å². The van der Waals surface area contributed by atoms with Crippen LogP contribution in [0.25, 0.3) is 0 Å². The molecule has 0 aliphatic carbocycles. The average molecular weight is 204 g/mol. The quantitative estimate of drug-likeness (QED) is 0.484. The van der Waals surface area contributed by atoms with Crippen LogP contribution in [0.2, 0.25) is 0 Å². The summed E-state index contributed by atoms with van der Waals surface area (Å²) in [5, 5.41) is 0. The van der Waals surface area contributed by atoms with E-state index >= 15 is 0 Å². The van der Waals surface area contributed by atoms with Gasteiger partial charge in [-0.1, -0.05) is 0 Å². The summed E-state index contributed by atoms with van der Waals surface area (Å²) in [6, 6.07) is 0. The average Bonchev–Trinajstić information content (AvgIpc) is 2.15. The van der Waals surface area contributed by atoms with Gasteiger partial charge in [-0.3, -0.25) is 4.79 Å². The predicted molar refractivity (Wildman–Crippen MR) is 48.8 cm³/mol. The van der Waals surface area contributed by atoms with Crippen LogP contribution >= 0.6 is 0 Å². The van der Waals surface area contributed by atoms with E-state index < -0.39 is 6.16 Å². The van der Waals surface area contributed by atoms with Crippen molar-refractivity contribution in [2.24, 2.45) is 0 Å². The van der Waals surface area contributed by atoms with Crippen LogP contribution in [0, 0.1) is 0 Å². The first-order valence-electron chi connectivity index (χ1n) is 4.51. The molecule has 0 heterocycles. The van der Waals surface area contributed by atoms with Gasteiger partial charge in [0.1, 0.15) is 0 Å². The van der Waals surface area contributed by atoms with Gasteiger partial charge < -0.3 is 14.2 Å². The zero-order valence-corrected chi connectivity index (χ0v) is 8.58.